The second-order valence-corrected chi connectivity index (χ2v) is 33.2. The van der Waals surface area contributed by atoms with E-state index < -0.39 is 11.9 Å². The van der Waals surface area contributed by atoms with Gasteiger partial charge in [-0.1, -0.05) is 188 Å². The normalized spacial score (nSPS) is 22.8. The van der Waals surface area contributed by atoms with Crippen molar-refractivity contribution >= 4 is 41.2 Å². The highest BCUT2D eigenvalue weighted by Crippen LogP contribution is 2.45. The van der Waals surface area contributed by atoms with Crippen LogP contribution in [0, 0.1) is 25.1 Å². The summed E-state index contributed by atoms with van der Waals surface area (Å²) in [5.74, 6) is 0.0802. The number of ether oxygens (including phenoxy) is 12. The Bertz CT molecular complexity index is 4620. The molecule has 11 fully saturated rings. The molecule has 11 aliphatic rings. The minimum atomic E-state index is -1.05. The Morgan fingerprint density at radius 1 is 0.410 bits per heavy atom. The molecule has 28 nitrogen and oxygen atoms in total. The van der Waals surface area contributed by atoms with Crippen LogP contribution in [0.25, 0.3) is 14.5 Å². The Hall–Kier alpha value is -10.3. The van der Waals surface area contributed by atoms with Crippen molar-refractivity contribution in [2.45, 2.75) is 156 Å². The van der Waals surface area contributed by atoms with Gasteiger partial charge in [0.2, 0.25) is 0 Å². The second kappa shape index (κ2) is 42.2. The SMILES string of the molecule is CN1CCC2(CC1)COC(c1ccc(C(=N)N)cc1)O2.O=C(OCc1ccccc1)N1CCC(O)(CO)CC1.O=C(OCc1ccccc1)N1CCC2(CC1)CO2.[C-]#[N+]c1ccc(C2OCC3(CCN(C(=O)OCc4ccccc4)CC3)O2)cc1.[C-]#[N+]c1ccc(C2OCC3(CCN(C)CC3)O2)cc1.[C-]#[N+]c1ccc(C2OCC3(CCNCC3)O2)cc1. The van der Waals surface area contributed by atoms with Crippen molar-refractivity contribution in [3.05, 3.63) is 267 Å². The number of amides is 3. The van der Waals surface area contributed by atoms with Crippen LogP contribution < -0.4 is 11.1 Å². The van der Waals surface area contributed by atoms with Gasteiger partial charge in [-0.15, -0.1) is 0 Å². The van der Waals surface area contributed by atoms with Crippen LogP contribution in [0.5, 0.6) is 0 Å². The van der Waals surface area contributed by atoms with E-state index in [1.807, 2.05) is 176 Å². The largest absolute Gasteiger partial charge is 0.445 e. The zero-order chi connectivity index (χ0) is 85.4. The van der Waals surface area contributed by atoms with Gasteiger partial charge in [-0.05, 0) is 121 Å². The highest BCUT2D eigenvalue weighted by Gasteiger charge is 2.50. The Balaban J connectivity index is 0.000000127. The fraction of sp³-hybridized carbons (Fsp3) is 0.479. The lowest BCUT2D eigenvalue weighted by molar-refractivity contribution is -0.108. The number of aliphatic hydroxyl groups excluding tert-OH is 1. The van der Waals surface area contributed by atoms with E-state index in [-0.39, 0.29) is 90.8 Å². The van der Waals surface area contributed by atoms with Gasteiger partial charge in [-0.3, -0.25) is 5.41 Å². The third kappa shape index (κ3) is 24.8. The summed E-state index contributed by atoms with van der Waals surface area (Å²) < 4.78 is 69.4. The lowest BCUT2D eigenvalue weighted by atomic mass is 9.92. The molecule has 4 unspecified atom stereocenters. The van der Waals surface area contributed by atoms with Gasteiger partial charge in [-0.2, -0.15) is 0 Å². The van der Waals surface area contributed by atoms with Crippen molar-refractivity contribution in [1.82, 2.24) is 29.8 Å². The maximum absolute atomic E-state index is 12.3. The average Bonchev–Trinajstić information content (AvgIpc) is 1.58. The number of nitrogens with zero attached hydrogens (tertiary/aromatic N) is 8. The molecule has 11 aliphatic heterocycles. The molecule has 0 saturated carbocycles. The molecular weight excluding hydrogens is 1560 g/mol. The van der Waals surface area contributed by atoms with Gasteiger partial charge < -0.3 is 103 Å². The molecule has 11 heterocycles. The van der Waals surface area contributed by atoms with Gasteiger partial charge in [0.15, 0.2) is 42.2 Å². The highest BCUT2D eigenvalue weighted by molar-refractivity contribution is 5.94. The number of aliphatic hydroxyl groups is 2. The van der Waals surface area contributed by atoms with Crippen molar-refractivity contribution < 1.29 is 81.4 Å². The van der Waals surface area contributed by atoms with E-state index in [1.54, 1.807) is 26.8 Å². The fourth-order valence-corrected chi connectivity index (χ4v) is 15.9. The average molecular weight is 1670 g/mol. The Morgan fingerprint density at radius 2 is 0.680 bits per heavy atom. The van der Waals surface area contributed by atoms with Crippen LogP contribution in [0.4, 0.5) is 31.4 Å². The van der Waals surface area contributed by atoms with Crippen LogP contribution >= 0.6 is 0 Å². The van der Waals surface area contributed by atoms with Crippen molar-refractivity contribution in [3.8, 4) is 0 Å². The Kier molecular flexibility index (Phi) is 31.0. The third-order valence-electron chi connectivity index (χ3n) is 24.4. The molecule has 0 bridgehead atoms. The number of carbonyl (C=O) groups excluding carboxylic acids is 3. The number of hydrogen-bond donors (Lipinski definition) is 5. The summed E-state index contributed by atoms with van der Waals surface area (Å²) in [4.78, 5) is 55.9. The summed E-state index contributed by atoms with van der Waals surface area (Å²) in [6, 6.07) is 58.6. The number of likely N-dealkylation sites (tertiary alicyclic amines) is 5. The van der Waals surface area contributed by atoms with Crippen LogP contribution in [0.15, 0.2) is 188 Å². The van der Waals surface area contributed by atoms with Gasteiger partial charge in [-0.25, -0.2) is 28.9 Å². The predicted molar refractivity (Wildman–Crippen MR) is 454 cm³/mol. The molecule has 0 aliphatic carbocycles. The first-order valence-electron chi connectivity index (χ1n) is 42.1. The summed E-state index contributed by atoms with van der Waals surface area (Å²) in [7, 11) is 4.28. The van der Waals surface area contributed by atoms with Crippen LogP contribution in [0.3, 0.4) is 0 Å². The maximum atomic E-state index is 12.3. The molecule has 0 radical (unpaired) electrons. The first kappa shape index (κ1) is 89.5. The summed E-state index contributed by atoms with van der Waals surface area (Å²) in [6.45, 7) is 34.6. The number of nitrogens with one attached hydrogen (secondary N) is 2. The molecule has 5 spiro atoms. The van der Waals surface area contributed by atoms with Crippen LogP contribution in [0.1, 0.15) is 147 Å². The van der Waals surface area contributed by atoms with E-state index in [0.717, 1.165) is 155 Å². The quantitative estimate of drug-likeness (QED) is 0.0250. The molecule has 6 N–H and O–H groups in total. The number of hydrogen-bond acceptors (Lipinski definition) is 21. The molecule has 3 amide bonds. The summed E-state index contributed by atoms with van der Waals surface area (Å²) in [6.07, 6.45) is 8.02. The van der Waals surface area contributed by atoms with Gasteiger partial charge >= 0.3 is 18.3 Å². The third-order valence-corrected chi connectivity index (χ3v) is 24.4. The number of rotatable bonds is 12. The molecular formula is C94H113N11O17. The number of carbonyl (C=O) groups is 3. The molecule has 122 heavy (non-hydrogen) atoms. The van der Waals surface area contributed by atoms with Crippen molar-refractivity contribution in [2.75, 3.05) is 132 Å². The van der Waals surface area contributed by atoms with E-state index >= 15 is 0 Å². The molecule has 0 aromatic heterocycles. The van der Waals surface area contributed by atoms with Crippen molar-refractivity contribution in [2.24, 2.45) is 5.73 Å². The van der Waals surface area contributed by atoms with Gasteiger partial charge in [0.1, 0.15) is 25.7 Å². The Morgan fingerprint density at radius 3 is 0.959 bits per heavy atom. The lowest BCUT2D eigenvalue weighted by Gasteiger charge is -2.37. The molecule has 11 saturated heterocycles. The van der Waals surface area contributed by atoms with E-state index in [9.17, 15) is 19.5 Å². The van der Waals surface area contributed by atoms with Gasteiger partial charge in [0, 0.05) is 93.3 Å². The standard InChI is InChI=1S/C22H22N2O4.C15H21N3O2.C15H18N2O2.C14H16N2O2.C14H19NO4.C14H17NO3/c1-23-19-9-7-18(8-10-19)20-27-16-22(28-20)11-13-24(14-12-22)21(25)26-15-17-5-3-2-4-6-17;1-18-8-6-15(7-9-18)10-19-14(20-15)12-4-2-11(3-5-12)13(16)17;1-16-13-5-3-12(4-6-13)14-18-11-15(19-14)7-9-17(2)10-8-15;1-15-12-4-2-11(3-5-12)13-17-10-14(18-13)6-8-16-9-7-14;16-11-14(18)6-8-15(9-7-14)13(17)19-10-12-4-2-1-3-5-12;16-13(17-10-12-4-2-1-3-5-12)15-8-6-14(7-9-15)11-18-14/h2-10,20H,11-16H2;2-5,14H,6-10H2,1H3,(H3,16,17);3-6,14H,7-11H2,2H3;2-5,13,16H,6-10H2;1-5,16,18H,6-11H2;1-5H,6-11H2. The predicted octanol–water partition coefficient (Wildman–Crippen LogP) is 14.4. The lowest BCUT2D eigenvalue weighted by Crippen LogP contribution is -2.48. The zero-order valence-electron chi connectivity index (χ0n) is 69.7. The molecule has 7 aromatic carbocycles. The summed E-state index contributed by atoms with van der Waals surface area (Å²) >= 11 is 0. The van der Waals surface area contributed by atoms with E-state index in [2.05, 4.69) is 43.7 Å². The minimum absolute atomic E-state index is 0.0802. The first-order valence-corrected chi connectivity index (χ1v) is 42.1. The molecule has 28 heteroatoms. The highest BCUT2D eigenvalue weighted by atomic mass is 16.8. The van der Waals surface area contributed by atoms with E-state index in [1.165, 1.54) is 0 Å². The Labute approximate surface area is 714 Å². The summed E-state index contributed by atoms with van der Waals surface area (Å²) in [5.41, 5.74) is 13.3. The molecule has 18 rings (SSSR count). The smallest absolute Gasteiger partial charge is 0.410 e. The van der Waals surface area contributed by atoms with Crippen LogP contribution in [0.2, 0.25) is 0 Å². The number of piperidine rings is 6. The van der Waals surface area contributed by atoms with E-state index in [0.29, 0.717) is 102 Å². The van der Waals surface area contributed by atoms with E-state index in [4.69, 9.17) is 92.8 Å². The number of benzene rings is 7. The van der Waals surface area contributed by atoms with Crippen LogP contribution in [-0.2, 0) is 76.7 Å². The molecule has 7 aromatic rings. The second-order valence-electron chi connectivity index (χ2n) is 33.2. The topological polar surface area (TPSA) is 297 Å². The maximum Gasteiger partial charge on any atom is 0.410 e. The zero-order valence-corrected chi connectivity index (χ0v) is 69.7. The summed E-state index contributed by atoms with van der Waals surface area (Å²) in [5, 5.41) is 29.6. The van der Waals surface area contributed by atoms with Gasteiger partial charge in [0.05, 0.1) is 93.0 Å². The first-order chi connectivity index (χ1) is 59.2. The van der Waals surface area contributed by atoms with Gasteiger partial charge in [0.25, 0.3) is 0 Å². The number of nitrogens with two attached hydrogens (primary N) is 1. The van der Waals surface area contributed by atoms with Crippen molar-refractivity contribution in [1.29, 1.82) is 5.41 Å². The van der Waals surface area contributed by atoms with Crippen molar-refractivity contribution in [3.63, 3.8) is 0 Å². The molecule has 4 atom stereocenters. The minimum Gasteiger partial charge on any atom is -0.445 e. The molecule has 646 valence electrons. The fourth-order valence-electron chi connectivity index (χ4n) is 15.9. The monoisotopic (exact) mass is 1670 g/mol. The van der Waals surface area contributed by atoms with Crippen LogP contribution in [-0.4, -0.2) is 225 Å². The number of nitrogen functional groups attached to an aromatic ring is 1. The number of amidine groups is 1. The number of epoxide rings is 1.